The van der Waals surface area contributed by atoms with Crippen molar-refractivity contribution >= 4 is 34.6 Å². The largest absolute Gasteiger partial charge is 0.424 e. The molecular formula is C23H24N6O3. The van der Waals surface area contributed by atoms with Crippen LogP contribution < -0.4 is 10.6 Å². The molecule has 1 aliphatic heterocycles. The number of benzene rings is 1. The van der Waals surface area contributed by atoms with E-state index in [1.54, 1.807) is 13.2 Å². The highest BCUT2D eigenvalue weighted by Crippen LogP contribution is 2.27. The minimum Gasteiger partial charge on any atom is -0.424 e. The van der Waals surface area contributed by atoms with Gasteiger partial charge in [0.15, 0.2) is 5.58 Å². The zero-order valence-corrected chi connectivity index (χ0v) is 18.0. The van der Waals surface area contributed by atoms with Crippen molar-refractivity contribution in [1.82, 2.24) is 24.6 Å². The lowest BCUT2D eigenvalue weighted by Gasteiger charge is -2.32. The summed E-state index contributed by atoms with van der Waals surface area (Å²) in [5, 5.41) is 5.85. The van der Waals surface area contributed by atoms with Crippen molar-refractivity contribution in [3.05, 3.63) is 48.4 Å². The molecule has 32 heavy (non-hydrogen) atoms. The molecule has 1 fully saturated rings. The molecule has 1 aliphatic rings. The second-order valence-corrected chi connectivity index (χ2v) is 8.01. The molecule has 0 aliphatic carbocycles. The molecule has 9 heteroatoms. The summed E-state index contributed by atoms with van der Waals surface area (Å²) >= 11 is 0. The third-order valence-electron chi connectivity index (χ3n) is 5.85. The summed E-state index contributed by atoms with van der Waals surface area (Å²) in [5.41, 5.74) is 4.63. The van der Waals surface area contributed by atoms with E-state index in [9.17, 15) is 9.59 Å². The number of nitrogens with zero attached hydrogens (tertiary/aromatic N) is 4. The number of aromatic nitrogens is 3. The molecule has 0 saturated carbocycles. The average molecular weight is 432 g/mol. The number of hydrogen-bond donors (Lipinski definition) is 2. The van der Waals surface area contributed by atoms with Crippen molar-refractivity contribution in [1.29, 1.82) is 0 Å². The Balaban J connectivity index is 1.42. The number of hydrogen-bond acceptors (Lipinski definition) is 6. The van der Waals surface area contributed by atoms with Crippen molar-refractivity contribution in [2.75, 3.05) is 25.5 Å². The number of oxazole rings is 1. The van der Waals surface area contributed by atoms with Gasteiger partial charge in [-0.3, -0.25) is 14.0 Å². The first kappa shape index (κ1) is 20.0. The molecule has 3 aromatic heterocycles. The number of pyridine rings is 1. The monoisotopic (exact) mass is 432 g/mol. The Morgan fingerprint density at radius 1 is 1.12 bits per heavy atom. The van der Waals surface area contributed by atoms with E-state index < -0.39 is 0 Å². The van der Waals surface area contributed by atoms with Crippen LogP contribution in [-0.2, 0) is 4.79 Å². The van der Waals surface area contributed by atoms with E-state index in [0.717, 1.165) is 29.5 Å². The normalized spacial score (nSPS) is 14.8. The van der Waals surface area contributed by atoms with E-state index in [0.29, 0.717) is 36.0 Å². The minimum atomic E-state index is -0.0541. The molecule has 0 spiro atoms. The fraction of sp³-hybridized carbons (Fsp3) is 0.304. The van der Waals surface area contributed by atoms with E-state index in [1.807, 2.05) is 45.8 Å². The van der Waals surface area contributed by atoms with Crippen LogP contribution in [-0.4, -0.2) is 57.3 Å². The van der Waals surface area contributed by atoms with Gasteiger partial charge in [0.05, 0.1) is 6.20 Å². The molecule has 1 aromatic carbocycles. The number of anilines is 1. The molecule has 2 N–H and O–H groups in total. The number of fused-ring (bicyclic) bond motifs is 2. The average Bonchev–Trinajstić information content (AvgIpc) is 3.41. The fourth-order valence-corrected chi connectivity index (χ4v) is 4.20. The van der Waals surface area contributed by atoms with E-state index in [-0.39, 0.29) is 17.9 Å². The smallest absolute Gasteiger partial charge is 0.295 e. The third kappa shape index (κ3) is 3.66. The van der Waals surface area contributed by atoms with E-state index in [4.69, 9.17) is 4.42 Å². The van der Waals surface area contributed by atoms with Gasteiger partial charge in [-0.1, -0.05) is 6.07 Å². The van der Waals surface area contributed by atoms with Crippen molar-refractivity contribution < 1.29 is 14.0 Å². The molecule has 9 nitrogen and oxygen atoms in total. The Kier molecular flexibility index (Phi) is 5.01. The third-order valence-corrected chi connectivity index (χ3v) is 5.85. The summed E-state index contributed by atoms with van der Waals surface area (Å²) in [6.07, 6.45) is 5.06. The molecule has 5 rings (SSSR count). The van der Waals surface area contributed by atoms with Crippen LogP contribution in [0, 0.1) is 0 Å². The van der Waals surface area contributed by atoms with Crippen LogP contribution in [0.3, 0.4) is 0 Å². The first-order valence-electron chi connectivity index (χ1n) is 10.6. The van der Waals surface area contributed by atoms with Crippen molar-refractivity contribution in [2.24, 2.45) is 0 Å². The molecule has 4 aromatic rings. The lowest BCUT2D eigenvalue weighted by Crippen LogP contribution is -2.46. The topological polar surface area (TPSA) is 105 Å². The Labute approximate surface area is 184 Å². The Morgan fingerprint density at radius 3 is 2.66 bits per heavy atom. The van der Waals surface area contributed by atoms with Crippen LogP contribution in [0.25, 0.3) is 27.9 Å². The predicted octanol–water partition coefficient (Wildman–Crippen LogP) is 2.92. The number of piperidine rings is 1. The zero-order valence-electron chi connectivity index (χ0n) is 18.0. The van der Waals surface area contributed by atoms with Gasteiger partial charge in [0.2, 0.25) is 5.91 Å². The summed E-state index contributed by atoms with van der Waals surface area (Å²) in [5.74, 6) is -0.0865. The van der Waals surface area contributed by atoms with Gasteiger partial charge in [0.25, 0.3) is 11.9 Å². The molecule has 4 heterocycles. The Hall–Kier alpha value is -3.88. The molecule has 2 amide bonds. The van der Waals surface area contributed by atoms with Crippen LogP contribution in [0.1, 0.15) is 30.3 Å². The number of likely N-dealkylation sites (tertiary alicyclic amines) is 1. The Morgan fingerprint density at radius 2 is 1.91 bits per heavy atom. The highest BCUT2D eigenvalue weighted by molar-refractivity contribution is 5.93. The van der Waals surface area contributed by atoms with Crippen molar-refractivity contribution in [3.63, 3.8) is 0 Å². The maximum atomic E-state index is 13.2. The standard InChI is InChI=1S/C23H24N6O3/c1-14(30)26-17-7-9-28(10-8-17)22(31)19-12-25-21-6-4-16(13-29(19)21)15-3-5-20-18(11-15)27-23(24-2)32-20/h3-6,11-13,17H,7-10H2,1-2H3,(H,24,27)(H,26,30). The van der Waals surface area contributed by atoms with Crippen LogP contribution in [0.5, 0.6) is 0 Å². The van der Waals surface area contributed by atoms with Crippen LogP contribution in [0.2, 0.25) is 0 Å². The zero-order chi connectivity index (χ0) is 22.2. The van der Waals surface area contributed by atoms with Gasteiger partial charge in [0.1, 0.15) is 16.9 Å². The van der Waals surface area contributed by atoms with Crippen LogP contribution >= 0.6 is 0 Å². The van der Waals surface area contributed by atoms with E-state index in [1.165, 1.54) is 6.92 Å². The maximum absolute atomic E-state index is 13.2. The van der Waals surface area contributed by atoms with E-state index in [2.05, 4.69) is 20.6 Å². The fourth-order valence-electron chi connectivity index (χ4n) is 4.20. The minimum absolute atomic E-state index is 0.0323. The second-order valence-electron chi connectivity index (χ2n) is 8.01. The summed E-state index contributed by atoms with van der Waals surface area (Å²) in [4.78, 5) is 35.1. The first-order valence-corrected chi connectivity index (χ1v) is 10.6. The number of nitrogens with one attached hydrogen (secondary N) is 2. The lowest BCUT2D eigenvalue weighted by molar-refractivity contribution is -0.119. The molecule has 0 atom stereocenters. The molecule has 0 unspecified atom stereocenters. The SMILES string of the molecule is CNc1nc2cc(-c3ccc4ncc(C(=O)N5CCC(NC(C)=O)CC5)n4c3)ccc2o1. The molecule has 1 saturated heterocycles. The maximum Gasteiger partial charge on any atom is 0.295 e. The number of carbonyl (C=O) groups is 2. The van der Waals surface area contributed by atoms with Gasteiger partial charge in [-0.05, 0) is 48.2 Å². The number of imidazole rings is 1. The van der Waals surface area contributed by atoms with Gasteiger partial charge in [-0.15, -0.1) is 0 Å². The van der Waals surface area contributed by atoms with E-state index >= 15 is 0 Å². The first-order chi connectivity index (χ1) is 15.5. The van der Waals surface area contributed by atoms with Crippen LogP contribution in [0.15, 0.2) is 47.1 Å². The molecule has 164 valence electrons. The summed E-state index contributed by atoms with van der Waals surface area (Å²) in [7, 11) is 1.76. The summed E-state index contributed by atoms with van der Waals surface area (Å²) in [6, 6.07) is 10.3. The van der Waals surface area contributed by atoms with Crippen molar-refractivity contribution in [3.8, 4) is 11.1 Å². The van der Waals surface area contributed by atoms with Gasteiger partial charge in [-0.2, -0.15) is 4.98 Å². The molecule has 0 radical (unpaired) electrons. The van der Waals surface area contributed by atoms with Gasteiger partial charge in [0, 0.05) is 39.3 Å². The van der Waals surface area contributed by atoms with Gasteiger partial charge < -0.3 is 20.0 Å². The van der Waals surface area contributed by atoms with Gasteiger partial charge in [-0.25, -0.2) is 4.98 Å². The van der Waals surface area contributed by atoms with Gasteiger partial charge >= 0.3 is 0 Å². The Bertz CT molecular complexity index is 1320. The molecule has 0 bridgehead atoms. The number of rotatable bonds is 4. The number of carbonyl (C=O) groups excluding carboxylic acids is 2. The van der Waals surface area contributed by atoms with Crippen LogP contribution in [0.4, 0.5) is 6.01 Å². The van der Waals surface area contributed by atoms with Crippen molar-refractivity contribution in [2.45, 2.75) is 25.8 Å². The highest BCUT2D eigenvalue weighted by atomic mass is 16.4. The number of amides is 2. The highest BCUT2D eigenvalue weighted by Gasteiger charge is 2.26. The summed E-state index contributed by atoms with van der Waals surface area (Å²) < 4.78 is 7.44. The second kappa shape index (κ2) is 7.99. The summed E-state index contributed by atoms with van der Waals surface area (Å²) in [6.45, 7) is 2.73. The predicted molar refractivity (Wildman–Crippen MR) is 120 cm³/mol. The lowest BCUT2D eigenvalue weighted by atomic mass is 10.0. The quantitative estimate of drug-likeness (QED) is 0.514. The molecular weight excluding hydrogens is 408 g/mol.